The first-order chi connectivity index (χ1) is 11.2. The van der Waals surface area contributed by atoms with Crippen LogP contribution in [0.25, 0.3) is 6.08 Å². The molecular weight excluding hydrogens is 330 g/mol. The second-order valence-corrected chi connectivity index (χ2v) is 6.20. The molecule has 1 amide bonds. The topological polar surface area (TPSA) is 45.6 Å². The van der Waals surface area contributed by atoms with Gasteiger partial charge in [-0.3, -0.25) is 14.7 Å². The van der Waals surface area contributed by atoms with E-state index in [0.717, 1.165) is 11.3 Å². The summed E-state index contributed by atoms with van der Waals surface area (Å²) in [5.41, 5.74) is 1.55. The number of pyridine rings is 1. The maximum Gasteiger partial charge on any atom is 0.266 e. The van der Waals surface area contributed by atoms with Gasteiger partial charge in [0.15, 0.2) is 5.17 Å². The smallest absolute Gasteiger partial charge is 0.266 e. The van der Waals surface area contributed by atoms with Crippen molar-refractivity contribution < 1.29 is 4.79 Å². The summed E-state index contributed by atoms with van der Waals surface area (Å²) in [6, 6.07) is 11.1. The highest BCUT2D eigenvalue weighted by atomic mass is 35.5. The summed E-state index contributed by atoms with van der Waals surface area (Å²) in [5.74, 6) is -0.0555. The van der Waals surface area contributed by atoms with E-state index in [1.54, 1.807) is 23.4 Å². The monoisotopic (exact) mass is 343 g/mol. The van der Waals surface area contributed by atoms with Crippen molar-refractivity contribution >= 4 is 46.2 Å². The average molecular weight is 344 g/mol. The molecule has 0 aliphatic carbocycles. The summed E-state index contributed by atoms with van der Waals surface area (Å²) >= 11 is 7.52. The Balaban J connectivity index is 1.95. The van der Waals surface area contributed by atoms with E-state index in [9.17, 15) is 4.79 Å². The van der Waals surface area contributed by atoms with Crippen molar-refractivity contribution in [1.82, 2.24) is 9.88 Å². The highest BCUT2D eigenvalue weighted by molar-refractivity contribution is 8.18. The van der Waals surface area contributed by atoms with Crippen LogP contribution in [-0.4, -0.2) is 27.5 Å². The van der Waals surface area contributed by atoms with Gasteiger partial charge in [-0.25, -0.2) is 4.99 Å². The predicted octanol–water partition coefficient (Wildman–Crippen LogP) is 4.36. The number of nitrogens with zero attached hydrogens (tertiary/aromatic N) is 3. The third-order valence-corrected chi connectivity index (χ3v) is 4.62. The van der Waals surface area contributed by atoms with Gasteiger partial charge in [0.05, 0.1) is 16.8 Å². The fourth-order valence-corrected chi connectivity index (χ4v) is 3.38. The van der Waals surface area contributed by atoms with Gasteiger partial charge in [-0.1, -0.05) is 29.8 Å². The van der Waals surface area contributed by atoms with E-state index in [0.29, 0.717) is 21.6 Å². The number of hydrogen-bond acceptors (Lipinski definition) is 4. The number of carbonyl (C=O) groups excluding carboxylic acids is 1. The van der Waals surface area contributed by atoms with Gasteiger partial charge < -0.3 is 0 Å². The van der Waals surface area contributed by atoms with Crippen molar-refractivity contribution in [3.05, 3.63) is 64.3 Å². The van der Waals surface area contributed by atoms with E-state index in [4.69, 9.17) is 11.6 Å². The van der Waals surface area contributed by atoms with Crippen LogP contribution >= 0.6 is 23.4 Å². The number of aromatic nitrogens is 1. The highest BCUT2D eigenvalue weighted by Gasteiger charge is 2.32. The van der Waals surface area contributed by atoms with Gasteiger partial charge in [0.2, 0.25) is 0 Å². The number of carbonyl (C=O) groups is 1. The summed E-state index contributed by atoms with van der Waals surface area (Å²) < 4.78 is 0. The van der Waals surface area contributed by atoms with Crippen LogP contribution in [0, 0.1) is 0 Å². The Morgan fingerprint density at radius 3 is 2.83 bits per heavy atom. The van der Waals surface area contributed by atoms with Gasteiger partial charge in [0, 0.05) is 17.8 Å². The van der Waals surface area contributed by atoms with Crippen molar-refractivity contribution in [2.45, 2.75) is 6.92 Å². The van der Waals surface area contributed by atoms with Crippen molar-refractivity contribution in [3.63, 3.8) is 0 Å². The summed E-state index contributed by atoms with van der Waals surface area (Å²) in [4.78, 5) is 23.4. The molecule has 23 heavy (non-hydrogen) atoms. The largest absolute Gasteiger partial charge is 0.287 e. The Kier molecular flexibility index (Phi) is 4.79. The minimum absolute atomic E-state index is 0.0555. The molecule has 0 spiro atoms. The lowest BCUT2D eigenvalue weighted by Gasteiger charge is -2.11. The number of aliphatic imine (C=N–C) groups is 1. The number of thioether (sulfide) groups is 1. The van der Waals surface area contributed by atoms with Crippen LogP contribution in [0.4, 0.5) is 5.69 Å². The molecule has 0 atom stereocenters. The summed E-state index contributed by atoms with van der Waals surface area (Å²) in [6.07, 6.45) is 5.17. The molecule has 0 radical (unpaired) electrons. The van der Waals surface area contributed by atoms with Gasteiger partial charge in [0.1, 0.15) is 0 Å². The van der Waals surface area contributed by atoms with Crippen LogP contribution in [0.15, 0.2) is 58.7 Å². The quantitative estimate of drug-likeness (QED) is 0.778. The molecule has 2 heterocycles. The number of amides is 1. The Labute approximate surface area is 143 Å². The van der Waals surface area contributed by atoms with E-state index >= 15 is 0 Å². The van der Waals surface area contributed by atoms with Crippen LogP contribution in [-0.2, 0) is 4.79 Å². The number of halogens is 1. The molecule has 0 unspecified atom stereocenters. The van der Waals surface area contributed by atoms with Crippen molar-refractivity contribution in [1.29, 1.82) is 0 Å². The van der Waals surface area contributed by atoms with Crippen molar-refractivity contribution in [2.24, 2.45) is 4.99 Å². The maximum atomic E-state index is 12.6. The Morgan fingerprint density at radius 2 is 2.13 bits per heavy atom. The second kappa shape index (κ2) is 6.98. The Hall–Kier alpha value is -2.11. The number of benzene rings is 1. The standard InChI is InChI=1S/C17H14ClN3OS/c1-2-21-16(22)15(10-12-6-3-4-8-14(12)18)23-17(21)20-13-7-5-9-19-11-13/h3-11H,2H2,1H3/b15-10-,20-17?. The number of amidine groups is 1. The molecule has 1 aromatic heterocycles. The van der Waals surface area contributed by atoms with E-state index in [-0.39, 0.29) is 5.91 Å². The molecule has 4 nitrogen and oxygen atoms in total. The Bertz CT molecular complexity index is 789. The molecule has 0 N–H and O–H groups in total. The SMILES string of the molecule is CCN1C(=O)/C(=C/c2ccccc2Cl)SC1=Nc1cccnc1. The highest BCUT2D eigenvalue weighted by Crippen LogP contribution is 2.34. The van der Waals surface area contributed by atoms with Gasteiger partial charge in [0.25, 0.3) is 5.91 Å². The first-order valence-corrected chi connectivity index (χ1v) is 8.33. The molecule has 6 heteroatoms. The summed E-state index contributed by atoms with van der Waals surface area (Å²) in [5, 5.41) is 1.28. The van der Waals surface area contributed by atoms with Crippen LogP contribution in [0.2, 0.25) is 5.02 Å². The van der Waals surface area contributed by atoms with Gasteiger partial charge in [-0.05, 0) is 48.5 Å². The van der Waals surface area contributed by atoms with Gasteiger partial charge in [-0.2, -0.15) is 0 Å². The van der Waals surface area contributed by atoms with E-state index in [1.807, 2.05) is 43.3 Å². The zero-order valence-corrected chi connectivity index (χ0v) is 14.0. The van der Waals surface area contributed by atoms with E-state index < -0.39 is 0 Å². The van der Waals surface area contributed by atoms with E-state index in [2.05, 4.69) is 9.98 Å². The lowest BCUT2D eigenvalue weighted by atomic mass is 10.2. The molecule has 1 aliphatic heterocycles. The van der Waals surface area contributed by atoms with Crippen molar-refractivity contribution in [2.75, 3.05) is 6.54 Å². The molecule has 1 fully saturated rings. The predicted molar refractivity (Wildman–Crippen MR) is 95.7 cm³/mol. The van der Waals surface area contributed by atoms with Crippen LogP contribution in [0.5, 0.6) is 0 Å². The molecule has 3 rings (SSSR count). The lowest BCUT2D eigenvalue weighted by Crippen LogP contribution is -2.28. The maximum absolute atomic E-state index is 12.6. The molecule has 0 bridgehead atoms. The Morgan fingerprint density at radius 1 is 1.30 bits per heavy atom. The molecule has 0 saturated carbocycles. The first-order valence-electron chi connectivity index (χ1n) is 7.13. The minimum Gasteiger partial charge on any atom is -0.287 e. The van der Waals surface area contributed by atoms with Gasteiger partial charge >= 0.3 is 0 Å². The molecule has 1 aliphatic rings. The van der Waals surface area contributed by atoms with Crippen LogP contribution < -0.4 is 0 Å². The number of likely N-dealkylation sites (N-methyl/N-ethyl adjacent to an activating group) is 1. The summed E-state index contributed by atoms with van der Waals surface area (Å²) in [7, 11) is 0. The molecular formula is C17H14ClN3OS. The number of rotatable bonds is 3. The lowest BCUT2D eigenvalue weighted by molar-refractivity contribution is -0.122. The average Bonchev–Trinajstić information content (AvgIpc) is 2.85. The van der Waals surface area contributed by atoms with Gasteiger partial charge in [-0.15, -0.1) is 0 Å². The minimum atomic E-state index is -0.0555. The zero-order chi connectivity index (χ0) is 16.2. The fourth-order valence-electron chi connectivity index (χ4n) is 2.13. The fraction of sp³-hybridized carbons (Fsp3) is 0.118. The third-order valence-electron chi connectivity index (χ3n) is 3.27. The molecule has 116 valence electrons. The normalized spacial score (nSPS) is 18.2. The second-order valence-electron chi connectivity index (χ2n) is 4.79. The van der Waals surface area contributed by atoms with Crippen molar-refractivity contribution in [3.8, 4) is 0 Å². The molecule has 1 saturated heterocycles. The van der Waals surface area contributed by atoms with Crippen LogP contribution in [0.3, 0.4) is 0 Å². The van der Waals surface area contributed by atoms with E-state index in [1.165, 1.54) is 11.8 Å². The molecule has 2 aromatic rings. The first kappa shape index (κ1) is 15.8. The summed E-state index contributed by atoms with van der Waals surface area (Å²) in [6.45, 7) is 2.49. The zero-order valence-electron chi connectivity index (χ0n) is 12.4. The third kappa shape index (κ3) is 3.46. The van der Waals surface area contributed by atoms with Crippen LogP contribution in [0.1, 0.15) is 12.5 Å². The number of hydrogen-bond donors (Lipinski definition) is 0. The molecule has 1 aromatic carbocycles.